The van der Waals surface area contributed by atoms with Gasteiger partial charge in [0, 0.05) is 65.3 Å². The molecule has 3 aliphatic carbocycles. The molecule has 109 heavy (non-hydrogen) atoms. The Morgan fingerprint density at radius 2 is 0.872 bits per heavy atom. The standard InChI is InChI=1S/C27H30FN5O4.C24H26FN5O4.C21H19FN4O2.C6H13NO3/c1-15-25-22(32-26(29)30-15)10-16(11-23(25)33-36-14-18-13-35-27(2,3)37-18)19-9-8-17(28)12-20(19)21-6-5-7-24(31-21)34-4;1-13-23-20(29-24(26)27-13)8-14(9-21(23)30-34-12-16(32)11-31)17-7-6-15(25)10-18(17)19-4-3-5-22(28-19)33-2;1-11-20-17(26-21(23)24-11)8-12(9-18(20)27)14-7-6-13(22)10-15(14)16-4-3-5-19(25-16)28-2;1-6(2)8-3-5(10-6)4-9-7/h5-9,12,16,18H,10-11,13-14H2,1-4H3,(H2,29,30,32);3-7,10,14,16,31-32H,8-9,11-12H2,1-2H3,(H2,26,27,29);3-7,10,12H,8-9H2,1-2H3,(H2,23,24,26);5H,3-4,7H2,1-2H3/b33-23+;30-21+;;/t16?,18-;14?,16-;;5-/m11.1/s1. The summed E-state index contributed by atoms with van der Waals surface area (Å²) in [6, 6.07) is 30.0. The van der Waals surface area contributed by atoms with Crippen molar-refractivity contribution in [1.29, 1.82) is 0 Å². The lowest BCUT2D eigenvalue weighted by molar-refractivity contribution is -0.145. The van der Waals surface area contributed by atoms with Crippen LogP contribution < -0.4 is 37.3 Å². The number of nitrogens with two attached hydrogens (primary N) is 4. The van der Waals surface area contributed by atoms with E-state index in [9.17, 15) is 23.1 Å². The van der Waals surface area contributed by atoms with Crippen LogP contribution in [0.2, 0.25) is 0 Å². The number of nitrogens with zero attached hydrogens (tertiary/aromatic N) is 11. The summed E-state index contributed by atoms with van der Waals surface area (Å²) in [5.41, 5.74) is 31.6. The third-order valence-corrected chi connectivity index (χ3v) is 18.5. The number of rotatable bonds is 18. The van der Waals surface area contributed by atoms with Crippen molar-refractivity contribution in [3.63, 3.8) is 0 Å². The number of aliphatic hydroxyl groups excluding tert-OH is 2. The van der Waals surface area contributed by atoms with Gasteiger partial charge in [0.15, 0.2) is 17.4 Å². The lowest BCUT2D eigenvalue weighted by Gasteiger charge is -2.28. The summed E-state index contributed by atoms with van der Waals surface area (Å²) in [4.78, 5) is 67.7. The van der Waals surface area contributed by atoms with Crippen LogP contribution in [0.1, 0.15) is 137 Å². The highest BCUT2D eigenvalue weighted by Gasteiger charge is 2.37. The Bertz CT molecular complexity index is 4830. The lowest BCUT2D eigenvalue weighted by atomic mass is 9.79. The van der Waals surface area contributed by atoms with Crippen LogP contribution >= 0.6 is 0 Å². The fraction of sp³-hybridized carbons (Fsp3) is 0.385. The van der Waals surface area contributed by atoms with Crippen molar-refractivity contribution in [1.82, 2.24) is 44.9 Å². The maximum Gasteiger partial charge on any atom is 0.220 e. The van der Waals surface area contributed by atoms with E-state index in [1.165, 1.54) is 50.6 Å². The average molecular weight is 1500 g/mol. The Labute approximate surface area is 627 Å². The molecule has 31 heteroatoms. The molecule has 10 N–H and O–H groups in total. The Balaban J connectivity index is 0.000000153. The van der Waals surface area contributed by atoms with E-state index in [1.54, 1.807) is 74.7 Å². The molecular formula is C78H88F3N15O13. The number of hydrogen-bond donors (Lipinski definition) is 6. The molecule has 2 aliphatic heterocycles. The van der Waals surface area contributed by atoms with Crippen molar-refractivity contribution in [2.75, 3.05) is 78.2 Å². The summed E-state index contributed by atoms with van der Waals surface area (Å²) in [6.07, 6.45) is 1.65. The number of ether oxygens (including phenoxy) is 7. The molecule has 0 bridgehead atoms. The predicted octanol–water partition coefficient (Wildman–Crippen LogP) is 10.1. The Kier molecular flexibility index (Phi) is 25.5. The summed E-state index contributed by atoms with van der Waals surface area (Å²) in [5.74, 6) is 4.10. The number of oxime groups is 2. The van der Waals surface area contributed by atoms with Gasteiger partial charge in [-0.2, -0.15) is 0 Å². The van der Waals surface area contributed by atoms with Crippen LogP contribution in [0.15, 0.2) is 120 Å². The molecule has 2 saturated heterocycles. The number of carbonyl (C=O) groups excluding carboxylic acids is 1. The lowest BCUT2D eigenvalue weighted by Crippen LogP contribution is -2.25. The first kappa shape index (κ1) is 79.3. The second kappa shape index (κ2) is 35.1. The number of Topliss-reactive ketones (excluding diaryl/α,β-unsaturated/α-hetero) is 1. The number of nitrogen functional groups attached to an aromatic ring is 3. The molecule has 6 aromatic heterocycles. The van der Waals surface area contributed by atoms with Gasteiger partial charge < -0.3 is 75.1 Å². The summed E-state index contributed by atoms with van der Waals surface area (Å²) < 4.78 is 80.5. The van der Waals surface area contributed by atoms with Crippen molar-refractivity contribution < 1.29 is 75.8 Å². The molecular weight excluding hydrogens is 1410 g/mol. The number of benzene rings is 3. The molecule has 5 aliphatic rings. The fourth-order valence-electron chi connectivity index (χ4n) is 13.9. The van der Waals surface area contributed by atoms with Gasteiger partial charge in [-0.15, -0.1) is 0 Å². The number of anilines is 3. The normalized spacial score (nSPS) is 19.7. The molecule has 0 radical (unpaired) electrons. The smallest absolute Gasteiger partial charge is 0.220 e. The summed E-state index contributed by atoms with van der Waals surface area (Å²) in [5, 5.41) is 27.4. The van der Waals surface area contributed by atoms with Crippen molar-refractivity contribution in [3.05, 3.63) is 194 Å². The van der Waals surface area contributed by atoms with E-state index >= 15 is 0 Å². The number of ketones is 1. The minimum Gasteiger partial charge on any atom is -0.481 e. The van der Waals surface area contributed by atoms with Crippen LogP contribution in [0.3, 0.4) is 0 Å². The maximum absolute atomic E-state index is 14.4. The van der Waals surface area contributed by atoms with Gasteiger partial charge in [0.1, 0.15) is 49.0 Å². The molecule has 0 saturated carbocycles. The minimum atomic E-state index is -1.05. The molecule has 3 aromatic carbocycles. The maximum atomic E-state index is 14.4. The first-order valence-electron chi connectivity index (χ1n) is 35.2. The summed E-state index contributed by atoms with van der Waals surface area (Å²) in [7, 11) is 4.61. The van der Waals surface area contributed by atoms with Gasteiger partial charge in [0.2, 0.25) is 35.5 Å². The van der Waals surface area contributed by atoms with Crippen LogP contribution in [-0.2, 0) is 52.7 Å². The quantitative estimate of drug-likeness (QED) is 0.0435. The van der Waals surface area contributed by atoms with Crippen LogP contribution in [0.4, 0.5) is 31.0 Å². The zero-order chi connectivity index (χ0) is 77.8. The van der Waals surface area contributed by atoms with Crippen LogP contribution in [0.5, 0.6) is 17.6 Å². The van der Waals surface area contributed by atoms with Gasteiger partial charge in [0.05, 0.1) is 116 Å². The third-order valence-electron chi connectivity index (χ3n) is 18.5. The predicted molar refractivity (Wildman–Crippen MR) is 398 cm³/mol. The SMILES string of the molecule is CC1(C)OC[C@H](CON)O1.COc1cccc(-c2cc(F)ccc2C2C/C(=N\OC[C@H](O)CO)c3c(C)nc(N)nc3C2)n1.COc1cccc(-c2cc(F)ccc2C2C/C(=N\OC[C@H]3COC(C)(C)O3)c3c(C)nc(N)nc3C2)n1.COc1cccc(-c2cc(F)ccc2C2CC(=O)c3c(C)nc(N)nc3C2)n1. The number of pyridine rings is 3. The zero-order valence-electron chi connectivity index (χ0n) is 62.1. The van der Waals surface area contributed by atoms with Crippen LogP contribution in [-0.4, -0.2) is 163 Å². The number of hydrogen-bond acceptors (Lipinski definition) is 28. The number of halogens is 3. The van der Waals surface area contributed by atoms with Gasteiger partial charge in [-0.1, -0.05) is 46.7 Å². The molecule has 3 unspecified atom stereocenters. The molecule has 8 heterocycles. The Morgan fingerprint density at radius 1 is 0.505 bits per heavy atom. The zero-order valence-corrected chi connectivity index (χ0v) is 62.1. The summed E-state index contributed by atoms with van der Waals surface area (Å²) in [6.45, 7) is 14.0. The monoisotopic (exact) mass is 1500 g/mol. The average Bonchev–Trinajstić information content (AvgIpc) is 1.11. The van der Waals surface area contributed by atoms with Gasteiger partial charge in [-0.05, 0) is 157 Å². The number of fused-ring (bicyclic) bond motifs is 3. The highest BCUT2D eigenvalue weighted by molar-refractivity contribution is 6.05. The van der Waals surface area contributed by atoms with Crippen molar-refractivity contribution in [3.8, 4) is 51.4 Å². The van der Waals surface area contributed by atoms with Gasteiger partial charge in [-0.25, -0.2) is 63.9 Å². The van der Waals surface area contributed by atoms with Crippen LogP contribution in [0, 0.1) is 38.2 Å². The molecule has 9 aromatic rings. The minimum absolute atomic E-state index is 0.0139. The topological polar surface area (TPSA) is 395 Å². The van der Waals surface area contributed by atoms with E-state index < -0.39 is 24.3 Å². The van der Waals surface area contributed by atoms with Crippen molar-refractivity contribution in [2.24, 2.45) is 16.2 Å². The molecule has 0 amide bonds. The van der Waals surface area contributed by atoms with E-state index in [1.807, 2.05) is 53.7 Å². The van der Waals surface area contributed by atoms with Gasteiger partial charge in [-0.3, -0.25) is 4.79 Å². The highest BCUT2D eigenvalue weighted by Crippen LogP contribution is 2.43. The van der Waals surface area contributed by atoms with E-state index in [4.69, 9.17) is 71.0 Å². The third kappa shape index (κ3) is 19.8. The fourth-order valence-corrected chi connectivity index (χ4v) is 13.9. The summed E-state index contributed by atoms with van der Waals surface area (Å²) >= 11 is 0. The van der Waals surface area contributed by atoms with Gasteiger partial charge >= 0.3 is 0 Å². The molecule has 574 valence electrons. The largest absolute Gasteiger partial charge is 0.481 e. The first-order chi connectivity index (χ1) is 52.2. The van der Waals surface area contributed by atoms with Gasteiger partial charge in [0.25, 0.3) is 0 Å². The van der Waals surface area contributed by atoms with Crippen molar-refractivity contribution >= 4 is 35.1 Å². The molecule has 0 spiro atoms. The Hall–Kier alpha value is -10.8. The second-order valence-corrected chi connectivity index (χ2v) is 27.3. The number of aromatic nitrogens is 9. The van der Waals surface area contributed by atoms with E-state index in [-0.39, 0.29) is 84.3 Å². The molecule has 2 fully saturated rings. The number of carbonyl (C=O) groups is 1. The number of aryl methyl sites for hydroxylation is 3. The highest BCUT2D eigenvalue weighted by atomic mass is 19.1. The Morgan fingerprint density at radius 3 is 1.24 bits per heavy atom. The van der Waals surface area contributed by atoms with E-state index in [2.05, 4.69) is 60.0 Å². The van der Waals surface area contributed by atoms with Crippen LogP contribution in [0.25, 0.3) is 33.8 Å². The number of methoxy groups -OCH3 is 3. The molecule has 6 atom stereocenters. The first-order valence-corrected chi connectivity index (χ1v) is 35.2. The number of aliphatic hydroxyl groups is 2. The molecule has 14 rings (SSSR count). The van der Waals surface area contributed by atoms with Crippen molar-refractivity contribution in [2.45, 2.75) is 135 Å². The second-order valence-electron chi connectivity index (χ2n) is 27.3. The van der Waals surface area contributed by atoms with E-state index in [0.29, 0.717) is 150 Å². The molecule has 28 nitrogen and oxygen atoms in total. The van der Waals surface area contributed by atoms with E-state index in [0.717, 1.165) is 39.2 Å².